The third-order valence-corrected chi connectivity index (χ3v) is 7.29. The molecular formula is C23H19F5N9OP. The first-order valence-corrected chi connectivity index (χ1v) is 12.3. The molecule has 5 heterocycles. The summed E-state index contributed by atoms with van der Waals surface area (Å²) in [6, 6.07) is 1.83. The lowest BCUT2D eigenvalue weighted by Gasteiger charge is -2.28. The van der Waals surface area contributed by atoms with E-state index < -0.39 is 30.4 Å². The standard InChI is InChI=1S/C23H19F5N9OP/c24-21(25,23(26,27)28)4-3-13-19-31-9-32-37(19)8-14(33-13)17-34-16(29)15-18(35-17)36-20(38)22(15,10-1-2-10)11-5-12(39)7-30-6-11/h5-10H,1-4,39H2,(H3,29,34,35,36,38). The molecule has 10 nitrogen and oxygen atoms in total. The van der Waals surface area contributed by atoms with Crippen molar-refractivity contribution >= 4 is 37.7 Å². The molecule has 1 fully saturated rings. The maximum atomic E-state index is 13.6. The number of nitrogen functional groups attached to an aromatic ring is 1. The van der Waals surface area contributed by atoms with Gasteiger partial charge in [0.25, 0.3) is 0 Å². The van der Waals surface area contributed by atoms with Gasteiger partial charge in [-0.15, -0.1) is 9.24 Å². The van der Waals surface area contributed by atoms with Gasteiger partial charge >= 0.3 is 12.1 Å². The van der Waals surface area contributed by atoms with Crippen molar-refractivity contribution in [3.8, 4) is 11.5 Å². The van der Waals surface area contributed by atoms with Crippen molar-refractivity contribution in [2.45, 2.75) is 43.2 Å². The maximum Gasteiger partial charge on any atom is 0.453 e. The number of nitrogens with two attached hydrogens (primary N) is 1. The molecule has 0 bridgehead atoms. The second kappa shape index (κ2) is 8.57. The van der Waals surface area contributed by atoms with Gasteiger partial charge in [-0.2, -0.15) is 27.1 Å². The quantitative estimate of drug-likeness (QED) is 0.270. The molecule has 4 aromatic heterocycles. The number of nitrogens with zero attached hydrogens (tertiary/aromatic N) is 7. The summed E-state index contributed by atoms with van der Waals surface area (Å²) >= 11 is 0. The van der Waals surface area contributed by atoms with Crippen LogP contribution in [-0.4, -0.2) is 52.5 Å². The van der Waals surface area contributed by atoms with E-state index in [2.05, 4.69) is 44.6 Å². The Morgan fingerprint density at radius 1 is 1.15 bits per heavy atom. The molecule has 39 heavy (non-hydrogen) atoms. The van der Waals surface area contributed by atoms with Crippen LogP contribution in [0.2, 0.25) is 0 Å². The first-order valence-electron chi connectivity index (χ1n) is 11.8. The van der Waals surface area contributed by atoms with Crippen molar-refractivity contribution in [1.29, 1.82) is 0 Å². The topological polar surface area (TPSA) is 137 Å². The molecule has 6 rings (SSSR count). The summed E-state index contributed by atoms with van der Waals surface area (Å²) in [6.07, 6.45) is -0.712. The molecule has 1 aliphatic carbocycles. The summed E-state index contributed by atoms with van der Waals surface area (Å²) in [7, 11) is 2.54. The van der Waals surface area contributed by atoms with Crippen LogP contribution in [0.1, 0.15) is 36.1 Å². The number of halogens is 5. The molecule has 16 heteroatoms. The summed E-state index contributed by atoms with van der Waals surface area (Å²) in [4.78, 5) is 34.8. The van der Waals surface area contributed by atoms with Crippen LogP contribution in [-0.2, 0) is 16.6 Å². The minimum atomic E-state index is -5.70. The van der Waals surface area contributed by atoms with Gasteiger partial charge in [0, 0.05) is 18.8 Å². The number of fused-ring (bicyclic) bond motifs is 2. The highest BCUT2D eigenvalue weighted by atomic mass is 31.0. The van der Waals surface area contributed by atoms with Crippen LogP contribution in [0.25, 0.3) is 17.2 Å². The number of hydrogen-bond donors (Lipinski definition) is 2. The number of pyridine rings is 1. The lowest BCUT2D eigenvalue weighted by molar-refractivity contribution is -0.284. The zero-order valence-corrected chi connectivity index (χ0v) is 21.0. The Kier molecular flexibility index (Phi) is 5.58. The van der Waals surface area contributed by atoms with Crippen molar-refractivity contribution < 1.29 is 26.7 Å². The van der Waals surface area contributed by atoms with Crippen molar-refractivity contribution in [3.63, 3.8) is 0 Å². The minimum absolute atomic E-state index is 0.0000474. The lowest BCUT2D eigenvalue weighted by Crippen LogP contribution is -2.39. The fourth-order valence-corrected chi connectivity index (χ4v) is 5.33. The molecule has 4 aromatic rings. The normalized spacial score (nSPS) is 19.4. The fourth-order valence-electron chi connectivity index (χ4n) is 5.07. The first kappa shape index (κ1) is 25.4. The summed E-state index contributed by atoms with van der Waals surface area (Å²) < 4.78 is 66.6. The Morgan fingerprint density at radius 3 is 2.62 bits per heavy atom. The van der Waals surface area contributed by atoms with Crippen LogP contribution in [0.15, 0.2) is 31.0 Å². The van der Waals surface area contributed by atoms with Crippen LogP contribution in [0.3, 0.4) is 0 Å². The van der Waals surface area contributed by atoms with Gasteiger partial charge in [-0.1, -0.05) is 0 Å². The van der Waals surface area contributed by atoms with Crippen LogP contribution in [0.4, 0.5) is 33.6 Å². The number of rotatable bonds is 6. The van der Waals surface area contributed by atoms with Gasteiger partial charge in [-0.3, -0.25) is 9.78 Å². The predicted octanol–water partition coefficient (Wildman–Crippen LogP) is 2.84. The fraction of sp³-hybridized carbons (Fsp3) is 0.348. The summed E-state index contributed by atoms with van der Waals surface area (Å²) in [5, 5.41) is 7.53. The highest BCUT2D eigenvalue weighted by Gasteiger charge is 2.60. The van der Waals surface area contributed by atoms with Crippen LogP contribution >= 0.6 is 9.24 Å². The van der Waals surface area contributed by atoms with Gasteiger partial charge in [0.1, 0.15) is 29.1 Å². The van der Waals surface area contributed by atoms with Crippen LogP contribution in [0, 0.1) is 5.92 Å². The largest absolute Gasteiger partial charge is 0.453 e. The smallest absolute Gasteiger partial charge is 0.383 e. The van der Waals surface area contributed by atoms with Crippen LogP contribution < -0.4 is 16.4 Å². The number of carbonyl (C=O) groups excluding carboxylic acids is 1. The Labute approximate surface area is 218 Å². The monoisotopic (exact) mass is 563 g/mol. The van der Waals surface area contributed by atoms with Crippen molar-refractivity contribution in [3.05, 3.63) is 47.8 Å². The van der Waals surface area contributed by atoms with Gasteiger partial charge in [0.05, 0.1) is 17.5 Å². The highest BCUT2D eigenvalue weighted by Crippen LogP contribution is 2.57. The van der Waals surface area contributed by atoms with E-state index in [1.54, 1.807) is 12.4 Å². The molecule has 0 aromatic carbocycles. The summed E-state index contributed by atoms with van der Waals surface area (Å²) in [5.41, 5.74) is 6.19. The van der Waals surface area contributed by atoms with E-state index in [-0.39, 0.29) is 46.3 Å². The number of amides is 1. The molecule has 2 aliphatic rings. The molecule has 3 N–H and O–H groups in total. The average Bonchev–Trinajstić information content (AvgIpc) is 3.51. The third-order valence-electron chi connectivity index (χ3n) is 6.98. The molecule has 1 amide bonds. The Balaban J connectivity index is 1.44. The molecular weight excluding hydrogens is 544 g/mol. The van der Waals surface area contributed by atoms with Gasteiger partial charge < -0.3 is 11.1 Å². The van der Waals surface area contributed by atoms with E-state index >= 15 is 0 Å². The molecule has 1 aliphatic heterocycles. The zero-order valence-electron chi connectivity index (χ0n) is 19.9. The predicted molar refractivity (Wildman–Crippen MR) is 131 cm³/mol. The van der Waals surface area contributed by atoms with E-state index in [0.29, 0.717) is 11.1 Å². The minimum Gasteiger partial charge on any atom is -0.383 e. The van der Waals surface area contributed by atoms with Crippen molar-refractivity contribution in [2.75, 3.05) is 11.1 Å². The maximum absolute atomic E-state index is 13.6. The Hall–Kier alpha value is -3.87. The van der Waals surface area contributed by atoms with E-state index in [1.165, 1.54) is 10.7 Å². The van der Waals surface area contributed by atoms with E-state index in [9.17, 15) is 26.7 Å². The number of hydrogen-bond acceptors (Lipinski definition) is 8. The molecule has 0 radical (unpaired) electrons. The Morgan fingerprint density at radius 2 is 1.92 bits per heavy atom. The van der Waals surface area contributed by atoms with Crippen molar-refractivity contribution in [1.82, 2.24) is 34.5 Å². The summed E-state index contributed by atoms with van der Waals surface area (Å²) in [6.45, 7) is 0. The number of nitrogens with one attached hydrogen (secondary N) is 1. The highest BCUT2D eigenvalue weighted by molar-refractivity contribution is 7.27. The molecule has 2 atom stereocenters. The first-order chi connectivity index (χ1) is 18.4. The number of alkyl halides is 5. The lowest BCUT2D eigenvalue weighted by atomic mass is 9.72. The molecule has 0 saturated heterocycles. The van der Waals surface area contributed by atoms with E-state index in [4.69, 9.17) is 5.73 Å². The molecule has 202 valence electrons. The van der Waals surface area contributed by atoms with Crippen LogP contribution in [0.5, 0.6) is 0 Å². The van der Waals surface area contributed by atoms with E-state index in [0.717, 1.165) is 24.5 Å². The summed E-state index contributed by atoms with van der Waals surface area (Å²) in [5.74, 6) is -5.21. The van der Waals surface area contributed by atoms with Gasteiger partial charge in [0.2, 0.25) is 5.91 Å². The molecule has 0 spiro atoms. The average molecular weight is 563 g/mol. The van der Waals surface area contributed by atoms with Gasteiger partial charge in [0.15, 0.2) is 11.5 Å². The second-order valence-corrected chi connectivity index (χ2v) is 10.2. The SMILES string of the molecule is Nc1nc(-c2cn3ncnc3c(CCC(F)(F)C(F)(F)F)n2)nc2c1C(c1cncc(P)c1)(C1CC1)C(=O)N2. The zero-order chi connectivity index (χ0) is 27.7. The second-order valence-electron chi connectivity index (χ2n) is 9.50. The number of aryl methyl sites for hydroxylation is 1. The number of anilines is 2. The Bertz CT molecular complexity index is 1640. The molecule has 2 unspecified atom stereocenters. The van der Waals surface area contributed by atoms with Gasteiger partial charge in [-0.05, 0) is 42.1 Å². The number of carbonyl (C=O) groups is 1. The number of aromatic nitrogens is 7. The third kappa shape index (κ3) is 3.98. The van der Waals surface area contributed by atoms with Gasteiger partial charge in [-0.25, -0.2) is 24.5 Å². The molecule has 1 saturated carbocycles. The van der Waals surface area contributed by atoms with Crippen molar-refractivity contribution in [2.24, 2.45) is 5.92 Å². The van der Waals surface area contributed by atoms with E-state index in [1.807, 2.05) is 6.07 Å².